The third-order valence-electron chi connectivity index (χ3n) is 5.86. The molecule has 1 aromatic carbocycles. The van der Waals surface area contributed by atoms with Gasteiger partial charge in [-0.05, 0) is 44.7 Å². The van der Waals surface area contributed by atoms with E-state index in [1.165, 1.54) is 17.1 Å². The van der Waals surface area contributed by atoms with Crippen molar-refractivity contribution in [3.8, 4) is 11.6 Å². The van der Waals surface area contributed by atoms with Crippen molar-refractivity contribution in [3.05, 3.63) is 59.8 Å². The molecule has 2 N–H and O–H groups in total. The van der Waals surface area contributed by atoms with E-state index in [0.717, 1.165) is 23.7 Å². The van der Waals surface area contributed by atoms with E-state index < -0.39 is 17.9 Å². The van der Waals surface area contributed by atoms with E-state index in [1.807, 2.05) is 12.1 Å². The van der Waals surface area contributed by atoms with E-state index in [-0.39, 0.29) is 5.82 Å². The number of aromatic amines is 1. The van der Waals surface area contributed by atoms with Crippen LogP contribution in [-0.4, -0.2) is 48.8 Å². The van der Waals surface area contributed by atoms with Crippen LogP contribution < -0.4 is 10.1 Å². The number of hydrogen-bond acceptors (Lipinski definition) is 6. The lowest BCUT2D eigenvalue weighted by Gasteiger charge is -2.31. The number of carbonyl (C=O) groups excluding carboxylic acids is 1. The molecule has 0 fully saturated rings. The maximum atomic E-state index is 12.7. The summed E-state index contributed by atoms with van der Waals surface area (Å²) >= 11 is 0. The molecule has 1 amide bonds. The van der Waals surface area contributed by atoms with Crippen LogP contribution in [0.5, 0.6) is 11.6 Å². The van der Waals surface area contributed by atoms with Gasteiger partial charge in [0.2, 0.25) is 5.88 Å². The Kier molecular flexibility index (Phi) is 5.24. The van der Waals surface area contributed by atoms with E-state index in [9.17, 15) is 18.0 Å². The summed E-state index contributed by atoms with van der Waals surface area (Å²) in [6.07, 6.45) is -0.810. The molecule has 3 aromatic heterocycles. The minimum Gasteiger partial charge on any atom is -0.439 e. The molecule has 0 bridgehead atoms. The number of fused-ring (bicyclic) bond motifs is 2. The molecule has 0 spiro atoms. The van der Waals surface area contributed by atoms with Gasteiger partial charge >= 0.3 is 12.2 Å². The molecule has 4 heterocycles. The largest absolute Gasteiger partial charge is 0.439 e. The van der Waals surface area contributed by atoms with Crippen LogP contribution >= 0.6 is 0 Å². The monoisotopic (exact) mass is 471 g/mol. The molecule has 9 nitrogen and oxygen atoms in total. The van der Waals surface area contributed by atoms with Crippen LogP contribution in [0.3, 0.4) is 0 Å². The molecule has 0 radical (unpaired) electrons. The minimum atomic E-state index is -4.58. The number of nitrogens with one attached hydrogen (secondary N) is 2. The lowest BCUT2D eigenvalue weighted by Crippen LogP contribution is -2.35. The second kappa shape index (κ2) is 8.13. The summed E-state index contributed by atoms with van der Waals surface area (Å²) in [5.41, 5.74) is 1.41. The Bertz CT molecular complexity index is 1380. The fourth-order valence-corrected chi connectivity index (χ4v) is 3.88. The first-order chi connectivity index (χ1) is 16.2. The number of aromatic nitrogens is 5. The average molecular weight is 471 g/mol. The van der Waals surface area contributed by atoms with Gasteiger partial charge in [-0.15, -0.1) is 0 Å². The maximum Gasteiger partial charge on any atom is 0.432 e. The molecule has 1 unspecified atom stereocenters. The number of halogens is 3. The normalized spacial score (nSPS) is 16.4. The van der Waals surface area contributed by atoms with Crippen molar-refractivity contribution in [2.75, 3.05) is 12.4 Å². The molecule has 4 aromatic rings. The Labute approximate surface area is 191 Å². The van der Waals surface area contributed by atoms with Crippen LogP contribution in [0.4, 0.5) is 23.8 Å². The molecule has 0 saturated carbocycles. The number of anilines is 1. The Morgan fingerprint density at radius 2 is 2.06 bits per heavy atom. The molecule has 0 saturated heterocycles. The summed E-state index contributed by atoms with van der Waals surface area (Å²) in [6, 6.07) is 7.29. The second-order valence-corrected chi connectivity index (χ2v) is 8.18. The van der Waals surface area contributed by atoms with Crippen molar-refractivity contribution in [2.45, 2.75) is 32.1 Å². The van der Waals surface area contributed by atoms with Gasteiger partial charge < -0.3 is 4.74 Å². The van der Waals surface area contributed by atoms with E-state index in [0.29, 0.717) is 35.1 Å². The van der Waals surface area contributed by atoms with Crippen LogP contribution in [0.1, 0.15) is 23.9 Å². The Hall–Kier alpha value is -3.93. The molecule has 34 heavy (non-hydrogen) atoms. The Balaban J connectivity index is 1.36. The average Bonchev–Trinajstić information content (AvgIpc) is 3.42. The molecule has 1 aliphatic heterocycles. The van der Waals surface area contributed by atoms with E-state index in [2.05, 4.69) is 32.2 Å². The second-order valence-electron chi connectivity index (χ2n) is 8.18. The summed E-state index contributed by atoms with van der Waals surface area (Å²) in [7, 11) is 2.05. The third kappa shape index (κ3) is 4.07. The van der Waals surface area contributed by atoms with Crippen LogP contribution in [0, 0.1) is 0 Å². The van der Waals surface area contributed by atoms with Crippen molar-refractivity contribution in [3.63, 3.8) is 0 Å². The van der Waals surface area contributed by atoms with Crippen molar-refractivity contribution in [2.24, 2.45) is 0 Å². The van der Waals surface area contributed by atoms with Gasteiger partial charge in [0.15, 0.2) is 5.82 Å². The summed E-state index contributed by atoms with van der Waals surface area (Å²) in [5, 5.41) is 8.42. The molecule has 176 valence electrons. The standard InChI is InChI=1S/C22H20F3N7O2/c1-12-7-15-16(10-31(12)2)26-11-27-20(15)34-14-3-4-17-13(8-14)5-6-32(17)21(33)28-19-9-18(29-30-19)22(23,24)25/h3-6,8-9,11-12H,7,10H2,1-2H3,(H2,28,29,30,33). The predicted molar refractivity (Wildman–Crippen MR) is 117 cm³/mol. The van der Waals surface area contributed by atoms with Gasteiger partial charge in [-0.2, -0.15) is 18.3 Å². The molecule has 1 atom stereocenters. The number of amides is 1. The molecule has 5 rings (SSSR count). The fraction of sp³-hybridized carbons (Fsp3) is 0.273. The quantitative estimate of drug-likeness (QED) is 0.459. The van der Waals surface area contributed by atoms with Gasteiger partial charge in [-0.3, -0.25) is 19.9 Å². The first kappa shape index (κ1) is 21.9. The van der Waals surface area contributed by atoms with E-state index in [4.69, 9.17) is 4.74 Å². The van der Waals surface area contributed by atoms with Gasteiger partial charge in [-0.25, -0.2) is 14.8 Å². The zero-order valence-electron chi connectivity index (χ0n) is 18.2. The predicted octanol–water partition coefficient (Wildman–Crippen LogP) is 4.42. The van der Waals surface area contributed by atoms with Crippen molar-refractivity contribution >= 4 is 22.8 Å². The highest BCUT2D eigenvalue weighted by Crippen LogP contribution is 2.32. The molecule has 0 aliphatic carbocycles. The van der Waals surface area contributed by atoms with Gasteiger partial charge in [0, 0.05) is 35.8 Å². The molecule has 1 aliphatic rings. The maximum absolute atomic E-state index is 12.7. The number of alkyl halides is 3. The third-order valence-corrected chi connectivity index (χ3v) is 5.86. The minimum absolute atomic E-state index is 0.229. The number of likely N-dealkylation sites (N-methyl/N-ethyl adjacent to an activating group) is 1. The van der Waals surface area contributed by atoms with Crippen LogP contribution in [0.15, 0.2) is 42.9 Å². The van der Waals surface area contributed by atoms with Gasteiger partial charge in [0.25, 0.3) is 0 Å². The smallest absolute Gasteiger partial charge is 0.432 e. The van der Waals surface area contributed by atoms with Crippen LogP contribution in [-0.2, 0) is 19.1 Å². The Morgan fingerprint density at radius 1 is 1.24 bits per heavy atom. The molecular formula is C22H20F3N7O2. The number of H-pyrrole nitrogens is 1. The van der Waals surface area contributed by atoms with Gasteiger partial charge in [0.1, 0.15) is 17.8 Å². The SMILES string of the molecule is CC1Cc2c(ncnc2Oc2ccc3c(ccn3C(=O)Nc3cc(C(F)(F)F)[nH]n3)c2)CN1C. The summed E-state index contributed by atoms with van der Waals surface area (Å²) in [5.74, 6) is 0.813. The number of benzene rings is 1. The number of rotatable bonds is 3. The van der Waals surface area contributed by atoms with Crippen molar-refractivity contribution in [1.82, 2.24) is 29.6 Å². The fourth-order valence-electron chi connectivity index (χ4n) is 3.88. The van der Waals surface area contributed by atoms with Crippen LogP contribution in [0.25, 0.3) is 10.9 Å². The van der Waals surface area contributed by atoms with Crippen molar-refractivity contribution < 1.29 is 22.7 Å². The molecular weight excluding hydrogens is 451 g/mol. The number of nitrogens with zero attached hydrogens (tertiary/aromatic N) is 5. The zero-order valence-corrected chi connectivity index (χ0v) is 18.2. The lowest BCUT2D eigenvalue weighted by atomic mass is 10.0. The first-order valence-electron chi connectivity index (χ1n) is 10.4. The summed E-state index contributed by atoms with van der Waals surface area (Å²) in [6.45, 7) is 2.85. The zero-order chi connectivity index (χ0) is 24.0. The summed E-state index contributed by atoms with van der Waals surface area (Å²) < 4.78 is 45.5. The summed E-state index contributed by atoms with van der Waals surface area (Å²) in [4.78, 5) is 23.5. The topological polar surface area (TPSA) is 101 Å². The number of hydrogen-bond donors (Lipinski definition) is 2. The lowest BCUT2D eigenvalue weighted by molar-refractivity contribution is -0.141. The number of ether oxygens (including phenoxy) is 1. The van der Waals surface area contributed by atoms with Crippen LogP contribution in [0.2, 0.25) is 0 Å². The van der Waals surface area contributed by atoms with Crippen molar-refractivity contribution in [1.29, 1.82) is 0 Å². The highest BCUT2D eigenvalue weighted by atomic mass is 19.4. The highest BCUT2D eigenvalue weighted by molar-refractivity contribution is 5.98. The first-order valence-corrected chi connectivity index (χ1v) is 10.4. The molecule has 12 heteroatoms. The highest BCUT2D eigenvalue weighted by Gasteiger charge is 2.33. The van der Waals surface area contributed by atoms with Gasteiger partial charge in [0.05, 0.1) is 11.2 Å². The van der Waals surface area contributed by atoms with Gasteiger partial charge in [-0.1, -0.05) is 0 Å². The van der Waals surface area contributed by atoms with E-state index >= 15 is 0 Å². The van der Waals surface area contributed by atoms with E-state index in [1.54, 1.807) is 24.3 Å². The Morgan fingerprint density at radius 3 is 2.82 bits per heavy atom. The number of carbonyl (C=O) groups is 1.